The Bertz CT molecular complexity index is 494. The summed E-state index contributed by atoms with van der Waals surface area (Å²) in [6.45, 7) is 2.64. The summed E-state index contributed by atoms with van der Waals surface area (Å²) in [5.41, 5.74) is 0.272. The van der Waals surface area contributed by atoms with Crippen molar-refractivity contribution in [1.82, 2.24) is 0 Å². The first-order valence-corrected chi connectivity index (χ1v) is 6.63. The fourth-order valence-electron chi connectivity index (χ4n) is 2.03. The Hall–Kier alpha value is -1.75. The number of carbonyl (C=O) groups is 2. The van der Waals surface area contributed by atoms with Crippen LogP contribution in [0.5, 0.6) is 0 Å². The molecule has 4 nitrogen and oxygen atoms in total. The van der Waals surface area contributed by atoms with Crippen LogP contribution in [0.25, 0.3) is 0 Å². The topological polar surface area (TPSA) is 52.6 Å². The molecule has 0 aliphatic carbocycles. The fourth-order valence-corrected chi connectivity index (χ4v) is 2.03. The molecule has 0 radical (unpaired) electrons. The van der Waals surface area contributed by atoms with Crippen LogP contribution >= 0.6 is 0 Å². The van der Waals surface area contributed by atoms with Crippen LogP contribution in [-0.2, 0) is 14.3 Å². The summed E-state index contributed by atoms with van der Waals surface area (Å²) in [5, 5.41) is 0. The summed E-state index contributed by atoms with van der Waals surface area (Å²) in [7, 11) is 0. The quantitative estimate of drug-likeness (QED) is 0.614. The third-order valence-electron chi connectivity index (χ3n) is 3.21. The van der Waals surface area contributed by atoms with Crippen molar-refractivity contribution in [3.63, 3.8) is 0 Å². The van der Waals surface area contributed by atoms with Gasteiger partial charge in [-0.15, -0.1) is 0 Å². The Morgan fingerprint density at radius 3 is 2.95 bits per heavy atom. The summed E-state index contributed by atoms with van der Waals surface area (Å²) in [5.74, 6) is -1.69. The molecule has 0 N–H and O–H groups in total. The van der Waals surface area contributed by atoms with Crippen molar-refractivity contribution in [3.8, 4) is 0 Å². The van der Waals surface area contributed by atoms with E-state index in [1.807, 2.05) is 0 Å². The lowest BCUT2D eigenvalue weighted by molar-refractivity contribution is -0.153. The summed E-state index contributed by atoms with van der Waals surface area (Å²) in [6.07, 6.45) is 0.487. The second-order valence-corrected chi connectivity index (χ2v) is 4.96. The van der Waals surface area contributed by atoms with Gasteiger partial charge in [0.1, 0.15) is 11.9 Å². The summed E-state index contributed by atoms with van der Waals surface area (Å²) >= 11 is 0. The number of halogens is 1. The molecular formula is C15H17FO4. The minimum Gasteiger partial charge on any atom is -0.460 e. The number of ketones is 1. The molecule has 0 unspecified atom stereocenters. The van der Waals surface area contributed by atoms with Crippen molar-refractivity contribution in [3.05, 3.63) is 35.6 Å². The van der Waals surface area contributed by atoms with Gasteiger partial charge >= 0.3 is 5.97 Å². The van der Waals surface area contributed by atoms with Crippen LogP contribution in [0.15, 0.2) is 24.3 Å². The van der Waals surface area contributed by atoms with E-state index in [9.17, 15) is 14.0 Å². The number of hydrogen-bond acceptors (Lipinski definition) is 4. The van der Waals surface area contributed by atoms with Crippen molar-refractivity contribution < 1.29 is 23.5 Å². The highest BCUT2D eigenvalue weighted by molar-refractivity contribution is 5.98. The molecule has 0 spiro atoms. The molecule has 2 rings (SSSR count). The molecule has 0 saturated carbocycles. The molecule has 1 aromatic rings. The molecule has 1 aromatic carbocycles. The van der Waals surface area contributed by atoms with Crippen molar-refractivity contribution >= 4 is 11.8 Å². The zero-order valence-corrected chi connectivity index (χ0v) is 11.3. The molecule has 20 heavy (non-hydrogen) atoms. The maximum absolute atomic E-state index is 13.0. The number of benzene rings is 1. The zero-order valence-electron chi connectivity index (χ0n) is 11.3. The number of ether oxygens (including phenoxy) is 2. The Morgan fingerprint density at radius 1 is 1.50 bits per heavy atom. The van der Waals surface area contributed by atoms with Crippen molar-refractivity contribution in [2.24, 2.45) is 5.92 Å². The van der Waals surface area contributed by atoms with Crippen LogP contribution in [-0.4, -0.2) is 31.1 Å². The summed E-state index contributed by atoms with van der Waals surface area (Å²) < 4.78 is 23.4. The lowest BCUT2D eigenvalue weighted by Crippen LogP contribution is -2.24. The van der Waals surface area contributed by atoms with E-state index in [1.54, 1.807) is 6.92 Å². The second-order valence-electron chi connectivity index (χ2n) is 4.96. The average Bonchev–Trinajstić information content (AvgIpc) is 2.91. The van der Waals surface area contributed by atoms with Crippen LogP contribution in [0.3, 0.4) is 0 Å². The SMILES string of the molecule is C[C@H](CC(=O)c1cccc(F)c1)C(=O)O[C@H]1CCOC1. The first-order valence-electron chi connectivity index (χ1n) is 6.63. The third-order valence-corrected chi connectivity index (χ3v) is 3.21. The lowest BCUT2D eigenvalue weighted by Gasteiger charge is -2.14. The third kappa shape index (κ3) is 3.87. The molecule has 108 valence electrons. The van der Waals surface area contributed by atoms with E-state index in [1.165, 1.54) is 24.3 Å². The van der Waals surface area contributed by atoms with Gasteiger partial charge in [-0.2, -0.15) is 0 Å². The maximum atomic E-state index is 13.0. The predicted molar refractivity (Wildman–Crippen MR) is 69.8 cm³/mol. The van der Waals surface area contributed by atoms with Gasteiger partial charge in [-0.1, -0.05) is 19.1 Å². The largest absolute Gasteiger partial charge is 0.460 e. The molecule has 1 aliphatic heterocycles. The highest BCUT2D eigenvalue weighted by atomic mass is 19.1. The van der Waals surface area contributed by atoms with Gasteiger partial charge in [-0.25, -0.2) is 4.39 Å². The van der Waals surface area contributed by atoms with Crippen molar-refractivity contribution in [1.29, 1.82) is 0 Å². The van der Waals surface area contributed by atoms with Gasteiger partial charge in [-0.3, -0.25) is 9.59 Å². The maximum Gasteiger partial charge on any atom is 0.309 e. The molecule has 1 heterocycles. The Morgan fingerprint density at radius 2 is 2.30 bits per heavy atom. The van der Waals surface area contributed by atoms with Gasteiger partial charge in [-0.05, 0) is 12.1 Å². The van der Waals surface area contributed by atoms with E-state index in [0.717, 1.165) is 0 Å². The highest BCUT2D eigenvalue weighted by Crippen LogP contribution is 2.16. The van der Waals surface area contributed by atoms with Crippen LogP contribution in [0, 0.1) is 11.7 Å². The number of rotatable bonds is 5. The van der Waals surface area contributed by atoms with E-state index in [-0.39, 0.29) is 23.9 Å². The van der Waals surface area contributed by atoms with Crippen LogP contribution in [0.4, 0.5) is 4.39 Å². The van der Waals surface area contributed by atoms with E-state index in [0.29, 0.717) is 19.6 Å². The van der Waals surface area contributed by atoms with Gasteiger partial charge in [0.2, 0.25) is 0 Å². The van der Waals surface area contributed by atoms with Crippen LogP contribution < -0.4 is 0 Å². The Labute approximate surface area is 116 Å². The number of esters is 1. The molecule has 2 atom stereocenters. The van der Waals surface area contributed by atoms with E-state index in [4.69, 9.17) is 9.47 Å². The molecule has 0 amide bonds. The smallest absolute Gasteiger partial charge is 0.309 e. The van der Waals surface area contributed by atoms with E-state index >= 15 is 0 Å². The standard InChI is InChI=1S/C15H17FO4/c1-10(15(18)20-13-5-6-19-9-13)7-14(17)11-3-2-4-12(16)8-11/h2-4,8,10,13H,5-7,9H2,1H3/t10-,13+/m1/s1. The normalized spacial score (nSPS) is 19.6. The van der Waals surface area contributed by atoms with Gasteiger partial charge < -0.3 is 9.47 Å². The summed E-state index contributed by atoms with van der Waals surface area (Å²) in [6, 6.07) is 5.45. The van der Waals surface area contributed by atoms with Gasteiger partial charge in [0.15, 0.2) is 5.78 Å². The average molecular weight is 280 g/mol. The predicted octanol–water partition coefficient (Wildman–Crippen LogP) is 2.37. The molecule has 0 aromatic heterocycles. The monoisotopic (exact) mass is 280 g/mol. The lowest BCUT2D eigenvalue weighted by atomic mass is 10.00. The number of carbonyl (C=O) groups excluding carboxylic acids is 2. The fraction of sp³-hybridized carbons (Fsp3) is 0.467. The van der Waals surface area contributed by atoms with Gasteiger partial charge in [0.25, 0.3) is 0 Å². The highest BCUT2D eigenvalue weighted by Gasteiger charge is 2.25. The minimum atomic E-state index is -0.550. The van der Waals surface area contributed by atoms with Crippen LogP contribution in [0.2, 0.25) is 0 Å². The molecule has 5 heteroatoms. The Balaban J connectivity index is 1.88. The Kier molecular flexibility index (Phi) is 4.84. The van der Waals surface area contributed by atoms with Gasteiger partial charge in [0, 0.05) is 18.4 Å². The first-order chi connectivity index (χ1) is 9.56. The zero-order chi connectivity index (χ0) is 14.5. The molecular weight excluding hydrogens is 263 g/mol. The van der Waals surface area contributed by atoms with Gasteiger partial charge in [0.05, 0.1) is 19.1 Å². The van der Waals surface area contributed by atoms with E-state index in [2.05, 4.69) is 0 Å². The van der Waals surface area contributed by atoms with E-state index < -0.39 is 17.7 Å². The first kappa shape index (κ1) is 14.7. The molecule has 1 fully saturated rings. The molecule has 1 aliphatic rings. The molecule has 0 bridgehead atoms. The van der Waals surface area contributed by atoms with Crippen LogP contribution in [0.1, 0.15) is 30.1 Å². The van der Waals surface area contributed by atoms with Crippen molar-refractivity contribution in [2.75, 3.05) is 13.2 Å². The number of hydrogen-bond donors (Lipinski definition) is 0. The number of Topliss-reactive ketones (excluding diaryl/α,β-unsaturated/α-hetero) is 1. The summed E-state index contributed by atoms with van der Waals surface area (Å²) in [4.78, 5) is 23.8. The molecule has 1 saturated heterocycles. The van der Waals surface area contributed by atoms with Crippen molar-refractivity contribution in [2.45, 2.75) is 25.9 Å². The minimum absolute atomic E-state index is 0.00979. The second kappa shape index (κ2) is 6.61.